The van der Waals surface area contributed by atoms with Crippen LogP contribution in [0, 0.1) is 5.92 Å². The van der Waals surface area contributed by atoms with Gasteiger partial charge >= 0.3 is 5.97 Å². The lowest BCUT2D eigenvalue weighted by molar-refractivity contribution is -0.149. The number of nitrogens with one attached hydrogen (secondary N) is 1. The molecule has 0 saturated carbocycles. The Bertz CT molecular complexity index is 157. The zero-order valence-corrected chi connectivity index (χ0v) is 7.93. The molecule has 1 N–H and O–H groups in total. The molecule has 1 saturated heterocycles. The average molecular weight is 192 g/mol. The maximum atomic E-state index is 11.3. The van der Waals surface area contributed by atoms with Crippen LogP contribution in [0.4, 0.5) is 0 Å². The van der Waals surface area contributed by atoms with E-state index in [4.69, 9.17) is 16.3 Å². The number of esters is 1. The predicted molar refractivity (Wildman–Crippen MR) is 47.0 cm³/mol. The lowest BCUT2D eigenvalue weighted by Crippen LogP contribution is -2.23. The van der Waals surface area contributed by atoms with Gasteiger partial charge in [0.25, 0.3) is 0 Å². The molecule has 0 radical (unpaired) electrons. The summed E-state index contributed by atoms with van der Waals surface area (Å²) in [5.41, 5.74) is -0.460. The summed E-state index contributed by atoms with van der Waals surface area (Å²) in [7, 11) is 0. The normalized spacial score (nSPS) is 25.3. The van der Waals surface area contributed by atoms with Crippen molar-refractivity contribution in [1.29, 1.82) is 0 Å². The molecule has 0 aromatic carbocycles. The summed E-state index contributed by atoms with van der Waals surface area (Å²) in [6, 6.07) is 0. The Kier molecular flexibility index (Phi) is 3.82. The molecule has 0 spiro atoms. The van der Waals surface area contributed by atoms with Crippen LogP contribution in [-0.2, 0) is 9.53 Å². The Labute approximate surface area is 77.4 Å². The van der Waals surface area contributed by atoms with Gasteiger partial charge in [0.05, 0.1) is 5.92 Å². The first-order valence-electron chi connectivity index (χ1n) is 4.29. The number of alkyl halides is 1. The number of halogens is 1. The highest BCUT2D eigenvalue weighted by atomic mass is 35.5. The molecule has 0 bridgehead atoms. The van der Waals surface area contributed by atoms with Gasteiger partial charge in [-0.15, -0.1) is 0 Å². The Balaban J connectivity index is 2.27. The van der Waals surface area contributed by atoms with Crippen LogP contribution in [0.3, 0.4) is 0 Å². The molecular formula is C8H14ClNO2. The third-order valence-electron chi connectivity index (χ3n) is 1.96. The van der Waals surface area contributed by atoms with Crippen LogP contribution in [0.15, 0.2) is 0 Å². The van der Waals surface area contributed by atoms with Crippen molar-refractivity contribution in [2.75, 3.05) is 13.1 Å². The Hall–Kier alpha value is -0.280. The van der Waals surface area contributed by atoms with Crippen molar-refractivity contribution in [2.45, 2.75) is 25.3 Å². The maximum absolute atomic E-state index is 11.3. The molecule has 2 unspecified atom stereocenters. The molecule has 1 aliphatic heterocycles. The minimum absolute atomic E-state index is 0.0119. The van der Waals surface area contributed by atoms with E-state index in [2.05, 4.69) is 5.32 Å². The van der Waals surface area contributed by atoms with Gasteiger partial charge in [-0.1, -0.05) is 18.5 Å². The van der Waals surface area contributed by atoms with Crippen LogP contribution in [0.25, 0.3) is 0 Å². The van der Waals surface area contributed by atoms with Crippen LogP contribution in [0.1, 0.15) is 19.8 Å². The van der Waals surface area contributed by atoms with Crippen molar-refractivity contribution in [1.82, 2.24) is 5.32 Å². The summed E-state index contributed by atoms with van der Waals surface area (Å²) >= 11 is 5.68. The van der Waals surface area contributed by atoms with Gasteiger partial charge < -0.3 is 10.1 Å². The van der Waals surface area contributed by atoms with E-state index in [1.165, 1.54) is 0 Å². The van der Waals surface area contributed by atoms with E-state index in [0.717, 1.165) is 19.5 Å². The molecule has 2 atom stereocenters. The second kappa shape index (κ2) is 4.67. The van der Waals surface area contributed by atoms with Crippen molar-refractivity contribution in [3.8, 4) is 0 Å². The average Bonchev–Trinajstić information content (AvgIpc) is 2.56. The van der Waals surface area contributed by atoms with E-state index in [-0.39, 0.29) is 11.9 Å². The number of hydrogen-bond donors (Lipinski definition) is 1. The smallest absolute Gasteiger partial charge is 0.311 e. The molecule has 1 aliphatic rings. The summed E-state index contributed by atoms with van der Waals surface area (Å²) in [5, 5.41) is 3.10. The fraction of sp³-hybridized carbons (Fsp3) is 0.875. The van der Waals surface area contributed by atoms with Crippen molar-refractivity contribution in [2.24, 2.45) is 5.92 Å². The number of ether oxygens (including phenoxy) is 1. The van der Waals surface area contributed by atoms with Gasteiger partial charge in [0, 0.05) is 6.54 Å². The summed E-state index contributed by atoms with van der Waals surface area (Å²) < 4.78 is 4.97. The lowest BCUT2D eigenvalue weighted by Gasteiger charge is -2.11. The largest absolute Gasteiger partial charge is 0.446 e. The zero-order valence-electron chi connectivity index (χ0n) is 7.18. The first kappa shape index (κ1) is 9.81. The van der Waals surface area contributed by atoms with E-state index >= 15 is 0 Å². The van der Waals surface area contributed by atoms with Gasteiger partial charge in [-0.05, 0) is 19.4 Å². The monoisotopic (exact) mass is 191 g/mol. The summed E-state index contributed by atoms with van der Waals surface area (Å²) in [6.45, 7) is 3.52. The van der Waals surface area contributed by atoms with Crippen LogP contribution >= 0.6 is 11.6 Å². The van der Waals surface area contributed by atoms with E-state index in [1.54, 1.807) is 0 Å². The first-order valence-corrected chi connectivity index (χ1v) is 4.73. The topological polar surface area (TPSA) is 38.3 Å². The molecule has 1 fully saturated rings. The summed E-state index contributed by atoms with van der Waals surface area (Å²) in [4.78, 5) is 11.3. The van der Waals surface area contributed by atoms with Crippen LogP contribution in [0.2, 0.25) is 0 Å². The molecule has 0 aromatic heterocycles. The van der Waals surface area contributed by atoms with Crippen LogP contribution in [0.5, 0.6) is 0 Å². The third-order valence-corrected chi connectivity index (χ3v) is 2.36. The van der Waals surface area contributed by atoms with Gasteiger partial charge in [0.1, 0.15) is 0 Å². The highest BCUT2D eigenvalue weighted by Crippen LogP contribution is 2.13. The maximum Gasteiger partial charge on any atom is 0.311 e. The number of carbonyl (C=O) groups is 1. The Morgan fingerprint density at radius 2 is 2.58 bits per heavy atom. The fourth-order valence-electron chi connectivity index (χ4n) is 1.16. The molecule has 3 nitrogen and oxygen atoms in total. The molecule has 4 heteroatoms. The lowest BCUT2D eigenvalue weighted by atomic mass is 10.1. The second-order valence-corrected chi connectivity index (χ2v) is 3.43. The van der Waals surface area contributed by atoms with E-state index in [9.17, 15) is 4.79 Å². The molecule has 70 valence electrons. The highest BCUT2D eigenvalue weighted by Gasteiger charge is 2.25. The number of hydrogen-bond acceptors (Lipinski definition) is 3. The van der Waals surface area contributed by atoms with Gasteiger partial charge in [0.2, 0.25) is 0 Å². The Morgan fingerprint density at radius 3 is 3.08 bits per heavy atom. The molecule has 0 aliphatic carbocycles. The van der Waals surface area contributed by atoms with Crippen LogP contribution < -0.4 is 5.32 Å². The van der Waals surface area contributed by atoms with Crippen LogP contribution in [-0.4, -0.2) is 24.6 Å². The van der Waals surface area contributed by atoms with Crippen molar-refractivity contribution >= 4 is 17.6 Å². The molecule has 1 heterocycles. The minimum atomic E-state index is -0.460. The predicted octanol–water partition coefficient (Wildman–Crippen LogP) is 1.11. The summed E-state index contributed by atoms with van der Waals surface area (Å²) in [5.74, 6) is -0.153. The van der Waals surface area contributed by atoms with Crippen molar-refractivity contribution < 1.29 is 9.53 Å². The quantitative estimate of drug-likeness (QED) is 0.537. The highest BCUT2D eigenvalue weighted by molar-refractivity contribution is 6.20. The minimum Gasteiger partial charge on any atom is -0.446 e. The van der Waals surface area contributed by atoms with Crippen molar-refractivity contribution in [3.05, 3.63) is 0 Å². The van der Waals surface area contributed by atoms with Gasteiger partial charge in [0.15, 0.2) is 5.56 Å². The molecular weight excluding hydrogens is 178 g/mol. The van der Waals surface area contributed by atoms with Crippen molar-refractivity contribution in [3.63, 3.8) is 0 Å². The van der Waals surface area contributed by atoms with Gasteiger partial charge in [-0.3, -0.25) is 4.79 Å². The first-order chi connectivity index (χ1) is 5.74. The number of rotatable bonds is 3. The summed E-state index contributed by atoms with van der Waals surface area (Å²) in [6.07, 6.45) is 1.53. The Morgan fingerprint density at radius 1 is 1.83 bits per heavy atom. The zero-order chi connectivity index (χ0) is 8.97. The SMILES string of the molecule is CCC(Cl)OC(=O)C1CCNC1. The molecule has 12 heavy (non-hydrogen) atoms. The van der Waals surface area contributed by atoms with E-state index < -0.39 is 5.56 Å². The van der Waals surface area contributed by atoms with E-state index in [1.807, 2.05) is 6.92 Å². The van der Waals surface area contributed by atoms with Gasteiger partial charge in [-0.2, -0.15) is 0 Å². The fourth-order valence-corrected chi connectivity index (χ4v) is 1.25. The number of carbonyl (C=O) groups excluding carboxylic acids is 1. The molecule has 0 aromatic rings. The molecule has 1 rings (SSSR count). The van der Waals surface area contributed by atoms with E-state index in [0.29, 0.717) is 6.42 Å². The van der Waals surface area contributed by atoms with Gasteiger partial charge in [-0.25, -0.2) is 0 Å². The molecule has 0 amide bonds. The standard InChI is InChI=1S/C8H14ClNO2/c1-2-7(9)12-8(11)6-3-4-10-5-6/h6-7,10H,2-5H2,1H3. The second-order valence-electron chi connectivity index (χ2n) is 2.94. The third kappa shape index (κ3) is 2.64.